The molecule has 0 atom stereocenters. The summed E-state index contributed by atoms with van der Waals surface area (Å²) in [5.41, 5.74) is 1.48. The molecule has 1 aromatic carbocycles. The highest BCUT2D eigenvalue weighted by atomic mass is 32.1. The fourth-order valence-corrected chi connectivity index (χ4v) is 2.17. The Morgan fingerprint density at radius 2 is 1.33 bits per heavy atom. The van der Waals surface area contributed by atoms with E-state index < -0.39 is 0 Å². The van der Waals surface area contributed by atoms with Crippen LogP contribution in [0.4, 0.5) is 11.4 Å². The van der Waals surface area contributed by atoms with Gasteiger partial charge in [-0.1, -0.05) is 20.3 Å². The molecule has 6 nitrogen and oxygen atoms in total. The van der Waals surface area contributed by atoms with E-state index in [1.165, 1.54) is 0 Å². The van der Waals surface area contributed by atoms with Gasteiger partial charge in [0.25, 0.3) is 0 Å². The molecule has 0 spiro atoms. The summed E-state index contributed by atoms with van der Waals surface area (Å²) >= 11 is 10.1. The first-order chi connectivity index (χ1) is 11.4. The van der Waals surface area contributed by atoms with Crippen LogP contribution in [0.5, 0.6) is 0 Å². The standard InChI is InChI=1S/C16H22N4O2S2/c1-3-5-6-14(22)20-16(24)18-12-9-7-11(8-10-12)17-15(23)19-13(21)4-2/h7-10H,3-6H2,1-2H3,(H2,17,19,21,23)(H2,18,20,22,24). The SMILES string of the molecule is CCCCC(=O)NC(=S)Nc1ccc(NC(=S)NC(=O)CC)cc1. The second-order valence-corrected chi connectivity index (χ2v) is 5.86. The molecule has 2 amide bonds. The van der Waals surface area contributed by atoms with Crippen LogP contribution < -0.4 is 21.3 Å². The summed E-state index contributed by atoms with van der Waals surface area (Å²) < 4.78 is 0. The highest BCUT2D eigenvalue weighted by molar-refractivity contribution is 7.80. The van der Waals surface area contributed by atoms with Crippen LogP contribution in [-0.2, 0) is 9.59 Å². The molecule has 0 saturated carbocycles. The van der Waals surface area contributed by atoms with E-state index in [1.807, 2.05) is 6.92 Å². The van der Waals surface area contributed by atoms with Crippen molar-refractivity contribution < 1.29 is 9.59 Å². The Labute approximate surface area is 152 Å². The number of benzene rings is 1. The van der Waals surface area contributed by atoms with Crippen LogP contribution in [0.25, 0.3) is 0 Å². The third kappa shape index (κ3) is 7.98. The Morgan fingerprint density at radius 1 is 0.875 bits per heavy atom. The van der Waals surface area contributed by atoms with Crippen LogP contribution in [0.2, 0.25) is 0 Å². The summed E-state index contributed by atoms with van der Waals surface area (Å²) in [4.78, 5) is 22.8. The lowest BCUT2D eigenvalue weighted by Crippen LogP contribution is -2.34. The van der Waals surface area contributed by atoms with E-state index in [-0.39, 0.29) is 22.0 Å². The number of anilines is 2. The lowest BCUT2D eigenvalue weighted by molar-refractivity contribution is -0.120. The van der Waals surface area contributed by atoms with Gasteiger partial charge in [0, 0.05) is 24.2 Å². The van der Waals surface area contributed by atoms with Gasteiger partial charge in [-0.05, 0) is 55.1 Å². The second-order valence-electron chi connectivity index (χ2n) is 5.04. The average Bonchev–Trinajstić information content (AvgIpc) is 2.54. The molecule has 0 aromatic heterocycles. The first-order valence-corrected chi connectivity index (χ1v) is 8.58. The summed E-state index contributed by atoms with van der Waals surface area (Å²) in [5.74, 6) is -0.236. The Morgan fingerprint density at radius 3 is 1.75 bits per heavy atom. The molecule has 0 aliphatic carbocycles. The van der Waals surface area contributed by atoms with Crippen LogP contribution >= 0.6 is 24.4 Å². The molecule has 0 heterocycles. The Kier molecular flexibility index (Phi) is 8.88. The molecule has 0 radical (unpaired) electrons. The molecular weight excluding hydrogens is 344 g/mol. The van der Waals surface area contributed by atoms with E-state index in [0.717, 1.165) is 24.2 Å². The Hall–Kier alpha value is -2.06. The normalized spacial score (nSPS) is 9.75. The zero-order valence-electron chi connectivity index (χ0n) is 13.8. The predicted octanol–water partition coefficient (Wildman–Crippen LogP) is 2.91. The van der Waals surface area contributed by atoms with Crippen LogP contribution in [0.3, 0.4) is 0 Å². The third-order valence-corrected chi connectivity index (χ3v) is 3.39. The summed E-state index contributed by atoms with van der Waals surface area (Å²) in [6, 6.07) is 7.15. The van der Waals surface area contributed by atoms with Gasteiger partial charge in [0.15, 0.2) is 10.2 Å². The fourth-order valence-electron chi connectivity index (χ4n) is 1.70. The van der Waals surface area contributed by atoms with Crippen molar-refractivity contribution >= 4 is 57.8 Å². The number of hydrogen-bond donors (Lipinski definition) is 4. The molecule has 4 N–H and O–H groups in total. The topological polar surface area (TPSA) is 82.3 Å². The van der Waals surface area contributed by atoms with Crippen LogP contribution in [0.15, 0.2) is 24.3 Å². The fraction of sp³-hybridized carbons (Fsp3) is 0.375. The van der Waals surface area contributed by atoms with Crippen molar-refractivity contribution in [2.45, 2.75) is 39.5 Å². The first-order valence-electron chi connectivity index (χ1n) is 7.76. The molecular formula is C16H22N4O2S2. The number of unbranched alkanes of at least 4 members (excludes halogenated alkanes) is 1. The zero-order valence-corrected chi connectivity index (χ0v) is 15.4. The quantitative estimate of drug-likeness (QED) is 0.580. The summed E-state index contributed by atoms with van der Waals surface area (Å²) in [7, 11) is 0. The van der Waals surface area contributed by atoms with E-state index in [1.54, 1.807) is 31.2 Å². The van der Waals surface area contributed by atoms with E-state index in [4.69, 9.17) is 24.4 Å². The van der Waals surface area contributed by atoms with Gasteiger partial charge < -0.3 is 21.3 Å². The van der Waals surface area contributed by atoms with Crippen molar-refractivity contribution in [1.29, 1.82) is 0 Å². The van der Waals surface area contributed by atoms with Crippen molar-refractivity contribution in [3.05, 3.63) is 24.3 Å². The predicted molar refractivity (Wildman–Crippen MR) is 105 cm³/mol. The molecule has 24 heavy (non-hydrogen) atoms. The van der Waals surface area contributed by atoms with Crippen molar-refractivity contribution in [3.63, 3.8) is 0 Å². The van der Waals surface area contributed by atoms with E-state index in [9.17, 15) is 9.59 Å². The molecule has 1 rings (SSSR count). The molecule has 0 unspecified atom stereocenters. The molecule has 0 aliphatic rings. The van der Waals surface area contributed by atoms with E-state index >= 15 is 0 Å². The highest BCUT2D eigenvalue weighted by Gasteiger charge is 2.05. The molecule has 1 aromatic rings. The molecule has 0 bridgehead atoms. The Bertz CT molecular complexity index is 603. The minimum absolute atomic E-state index is 0.0929. The number of thiocarbonyl (C=S) groups is 2. The number of rotatable bonds is 6. The highest BCUT2D eigenvalue weighted by Crippen LogP contribution is 2.13. The maximum Gasteiger partial charge on any atom is 0.226 e. The summed E-state index contributed by atoms with van der Waals surface area (Å²) in [5, 5.41) is 11.6. The number of amides is 2. The molecule has 130 valence electrons. The van der Waals surface area contributed by atoms with Gasteiger partial charge in [0.2, 0.25) is 11.8 Å². The number of carbonyl (C=O) groups excluding carboxylic acids is 2. The van der Waals surface area contributed by atoms with Gasteiger partial charge in [-0.25, -0.2) is 0 Å². The maximum atomic E-state index is 11.6. The van der Waals surface area contributed by atoms with Gasteiger partial charge in [0.05, 0.1) is 0 Å². The molecule has 8 heteroatoms. The lowest BCUT2D eigenvalue weighted by Gasteiger charge is -2.11. The number of hydrogen-bond acceptors (Lipinski definition) is 4. The van der Waals surface area contributed by atoms with E-state index in [0.29, 0.717) is 12.8 Å². The lowest BCUT2D eigenvalue weighted by atomic mass is 10.2. The van der Waals surface area contributed by atoms with Crippen LogP contribution in [0.1, 0.15) is 39.5 Å². The number of carbonyl (C=O) groups is 2. The van der Waals surface area contributed by atoms with Crippen LogP contribution in [-0.4, -0.2) is 22.0 Å². The maximum absolute atomic E-state index is 11.6. The smallest absolute Gasteiger partial charge is 0.226 e. The van der Waals surface area contributed by atoms with Gasteiger partial charge in [-0.3, -0.25) is 9.59 Å². The van der Waals surface area contributed by atoms with Gasteiger partial charge in [-0.15, -0.1) is 0 Å². The largest absolute Gasteiger partial charge is 0.332 e. The average molecular weight is 367 g/mol. The molecule has 0 aliphatic heterocycles. The summed E-state index contributed by atoms with van der Waals surface area (Å²) in [6.07, 6.45) is 2.63. The van der Waals surface area contributed by atoms with Crippen molar-refractivity contribution in [2.24, 2.45) is 0 Å². The monoisotopic (exact) mass is 366 g/mol. The van der Waals surface area contributed by atoms with Gasteiger partial charge in [0.1, 0.15) is 0 Å². The molecule has 0 saturated heterocycles. The van der Waals surface area contributed by atoms with Crippen molar-refractivity contribution in [1.82, 2.24) is 10.6 Å². The van der Waals surface area contributed by atoms with Crippen molar-refractivity contribution in [2.75, 3.05) is 10.6 Å². The Balaban J connectivity index is 2.46. The third-order valence-electron chi connectivity index (χ3n) is 2.99. The second kappa shape index (κ2) is 10.7. The minimum Gasteiger partial charge on any atom is -0.332 e. The van der Waals surface area contributed by atoms with Gasteiger partial charge in [-0.2, -0.15) is 0 Å². The van der Waals surface area contributed by atoms with Gasteiger partial charge >= 0.3 is 0 Å². The minimum atomic E-state index is -0.144. The zero-order chi connectivity index (χ0) is 17.9. The van der Waals surface area contributed by atoms with Crippen LogP contribution in [0, 0.1) is 0 Å². The van der Waals surface area contributed by atoms with Crippen molar-refractivity contribution in [3.8, 4) is 0 Å². The first kappa shape index (κ1) is 20.0. The van der Waals surface area contributed by atoms with E-state index in [2.05, 4.69) is 21.3 Å². The molecule has 0 fully saturated rings. The summed E-state index contributed by atoms with van der Waals surface area (Å²) in [6.45, 7) is 3.78. The number of nitrogens with one attached hydrogen (secondary N) is 4.